The number of imide groups is 1. The molecule has 0 radical (unpaired) electrons. The van der Waals surface area contributed by atoms with Gasteiger partial charge in [-0.2, -0.15) is 0 Å². The Morgan fingerprint density at radius 2 is 1.68 bits per heavy atom. The minimum absolute atomic E-state index is 0.405. The number of aryl methyl sites for hydroxylation is 1. The summed E-state index contributed by atoms with van der Waals surface area (Å²) in [4.78, 5) is 47.0. The number of benzene rings is 3. The fourth-order valence-electron chi connectivity index (χ4n) is 4.13. The summed E-state index contributed by atoms with van der Waals surface area (Å²) in [7, 11) is 0. The predicted octanol–water partition coefficient (Wildman–Crippen LogP) is 4.74. The number of fused-ring (bicyclic) bond motifs is 1. The van der Waals surface area contributed by atoms with Crippen LogP contribution in [0.25, 0.3) is 10.2 Å². The third kappa shape index (κ3) is 3.62. The van der Waals surface area contributed by atoms with E-state index in [-0.39, 0.29) is 0 Å². The van der Waals surface area contributed by atoms with Crippen molar-refractivity contribution >= 4 is 50.2 Å². The van der Waals surface area contributed by atoms with Crippen molar-refractivity contribution in [1.82, 2.24) is 15.2 Å². The van der Waals surface area contributed by atoms with E-state index in [4.69, 9.17) is 0 Å². The highest BCUT2D eigenvalue weighted by Gasteiger charge is 2.49. The molecule has 1 fully saturated rings. The second kappa shape index (κ2) is 8.39. The van der Waals surface area contributed by atoms with Gasteiger partial charge in [0.2, 0.25) is 0 Å². The maximum absolute atomic E-state index is 13.7. The van der Waals surface area contributed by atoms with E-state index < -0.39 is 29.9 Å². The Balaban J connectivity index is 1.50. The number of rotatable bonds is 5. The fourth-order valence-corrected chi connectivity index (χ4v) is 5.12. The van der Waals surface area contributed by atoms with Gasteiger partial charge >= 0.3 is 6.03 Å². The van der Waals surface area contributed by atoms with Crippen molar-refractivity contribution in [3.63, 3.8) is 0 Å². The van der Waals surface area contributed by atoms with Crippen molar-refractivity contribution in [1.29, 1.82) is 0 Å². The first-order chi connectivity index (χ1) is 16.4. The third-order valence-electron chi connectivity index (χ3n) is 6.00. The zero-order chi connectivity index (χ0) is 23.9. The highest BCUT2D eigenvalue weighted by Crippen LogP contribution is 2.36. The maximum Gasteiger partial charge on any atom is 0.325 e. The molecule has 1 aliphatic heterocycles. The van der Waals surface area contributed by atoms with Crippen LogP contribution in [0.5, 0.6) is 0 Å². The predicted molar refractivity (Wildman–Crippen MR) is 132 cm³/mol. The number of aromatic nitrogens is 1. The molecule has 1 atom stereocenters. The van der Waals surface area contributed by atoms with Gasteiger partial charge < -0.3 is 5.32 Å². The summed E-state index contributed by atoms with van der Waals surface area (Å²) < 4.78 is 0.940. The highest BCUT2D eigenvalue weighted by atomic mass is 32.1. The molecule has 1 saturated heterocycles. The molecular formula is C26H22N4O3S. The van der Waals surface area contributed by atoms with Crippen LogP contribution < -0.4 is 10.2 Å². The maximum atomic E-state index is 13.7. The van der Waals surface area contributed by atoms with Crippen LogP contribution in [0.15, 0.2) is 78.9 Å². The van der Waals surface area contributed by atoms with Crippen LogP contribution >= 0.6 is 11.3 Å². The van der Waals surface area contributed by atoms with Gasteiger partial charge in [0.1, 0.15) is 12.1 Å². The van der Waals surface area contributed by atoms with E-state index in [0.29, 0.717) is 16.4 Å². The Morgan fingerprint density at radius 3 is 2.41 bits per heavy atom. The highest BCUT2D eigenvalue weighted by molar-refractivity contribution is 7.22. The molecule has 7 nitrogen and oxygen atoms in total. The first kappa shape index (κ1) is 21.8. The minimum atomic E-state index is -1.23. The summed E-state index contributed by atoms with van der Waals surface area (Å²) in [5.74, 6) is -0.889. The van der Waals surface area contributed by atoms with Crippen molar-refractivity contribution in [3.8, 4) is 0 Å². The van der Waals surface area contributed by atoms with Crippen molar-refractivity contribution in [2.24, 2.45) is 0 Å². The van der Waals surface area contributed by atoms with Gasteiger partial charge in [0.05, 0.1) is 15.9 Å². The monoisotopic (exact) mass is 470 g/mol. The molecule has 4 amide bonds. The van der Waals surface area contributed by atoms with Crippen LogP contribution in [0.1, 0.15) is 18.1 Å². The minimum Gasteiger partial charge on any atom is -0.319 e. The summed E-state index contributed by atoms with van der Waals surface area (Å²) in [6.07, 6.45) is 0. The van der Waals surface area contributed by atoms with Gasteiger partial charge in [-0.3, -0.25) is 19.4 Å². The van der Waals surface area contributed by atoms with Crippen LogP contribution in [0, 0.1) is 6.92 Å². The average Bonchev–Trinajstić information content (AvgIpc) is 3.36. The van der Waals surface area contributed by atoms with E-state index in [1.54, 1.807) is 31.2 Å². The molecule has 170 valence electrons. The van der Waals surface area contributed by atoms with Gasteiger partial charge in [0, 0.05) is 0 Å². The van der Waals surface area contributed by atoms with Crippen LogP contribution in [0.3, 0.4) is 0 Å². The topological polar surface area (TPSA) is 82.6 Å². The van der Waals surface area contributed by atoms with Gasteiger partial charge in [0.15, 0.2) is 5.13 Å². The lowest BCUT2D eigenvalue weighted by atomic mass is 9.92. The summed E-state index contributed by atoms with van der Waals surface area (Å²) in [6, 6.07) is 23.5. The molecule has 34 heavy (non-hydrogen) atoms. The molecule has 5 rings (SSSR count). The Labute approximate surface area is 200 Å². The Kier molecular flexibility index (Phi) is 5.37. The lowest BCUT2D eigenvalue weighted by Crippen LogP contribution is -2.43. The second-order valence-electron chi connectivity index (χ2n) is 8.29. The van der Waals surface area contributed by atoms with Gasteiger partial charge in [0.25, 0.3) is 11.8 Å². The number of amides is 4. The number of hydrogen-bond donors (Lipinski definition) is 1. The average molecular weight is 471 g/mol. The SMILES string of the molecule is Cc1ccccc1N(C(=O)CN1C(=O)NC(C)(c2ccccc2)C1=O)c1nc2ccccc2s1. The lowest BCUT2D eigenvalue weighted by molar-refractivity contribution is -0.134. The lowest BCUT2D eigenvalue weighted by Gasteiger charge is -2.25. The van der Waals surface area contributed by atoms with Gasteiger partial charge in [-0.25, -0.2) is 9.78 Å². The number of carbonyl (C=O) groups is 3. The zero-order valence-electron chi connectivity index (χ0n) is 18.7. The number of nitrogens with one attached hydrogen (secondary N) is 1. The Bertz CT molecular complexity index is 1380. The van der Waals surface area contributed by atoms with E-state index in [1.165, 1.54) is 16.2 Å². The number of carbonyl (C=O) groups excluding carboxylic acids is 3. The number of urea groups is 1. The molecule has 4 aromatic rings. The summed E-state index contributed by atoms with van der Waals surface area (Å²) in [6.45, 7) is 3.15. The van der Waals surface area contributed by atoms with E-state index in [0.717, 1.165) is 20.7 Å². The number of hydrogen-bond acceptors (Lipinski definition) is 5. The standard InChI is InChI=1S/C26H22N4O3S/c1-17-10-6-8-14-20(17)30(25-27-19-13-7-9-15-21(19)34-25)22(31)16-29-23(32)26(2,28-24(29)33)18-11-4-3-5-12-18/h3-15H,16H2,1-2H3,(H,28,33). The second-order valence-corrected chi connectivity index (χ2v) is 9.30. The van der Waals surface area contributed by atoms with Crippen molar-refractivity contribution in [3.05, 3.63) is 90.0 Å². The summed E-state index contributed by atoms with van der Waals surface area (Å²) >= 11 is 1.38. The summed E-state index contributed by atoms with van der Waals surface area (Å²) in [5, 5.41) is 3.24. The van der Waals surface area contributed by atoms with E-state index in [2.05, 4.69) is 10.3 Å². The number of thiazole rings is 1. The van der Waals surface area contributed by atoms with E-state index in [9.17, 15) is 14.4 Å². The molecule has 0 spiro atoms. The number of para-hydroxylation sites is 2. The quantitative estimate of drug-likeness (QED) is 0.427. The molecule has 2 heterocycles. The molecule has 1 aromatic heterocycles. The number of nitrogens with zero attached hydrogens (tertiary/aromatic N) is 3. The molecule has 1 unspecified atom stereocenters. The van der Waals surface area contributed by atoms with Crippen LogP contribution in [0.4, 0.5) is 15.6 Å². The van der Waals surface area contributed by atoms with Gasteiger partial charge in [-0.05, 0) is 43.2 Å². The van der Waals surface area contributed by atoms with E-state index >= 15 is 0 Å². The van der Waals surface area contributed by atoms with Crippen molar-refractivity contribution < 1.29 is 14.4 Å². The molecule has 3 aromatic carbocycles. The molecule has 1 N–H and O–H groups in total. The smallest absolute Gasteiger partial charge is 0.319 e. The Morgan fingerprint density at radius 1 is 1.00 bits per heavy atom. The summed E-state index contributed by atoms with van der Waals surface area (Å²) in [5.41, 5.74) is 1.73. The van der Waals surface area contributed by atoms with E-state index in [1.807, 2.05) is 61.5 Å². The molecule has 0 saturated carbocycles. The normalized spacial score (nSPS) is 17.8. The molecule has 0 aliphatic carbocycles. The van der Waals surface area contributed by atoms with Crippen LogP contribution in [-0.4, -0.2) is 34.3 Å². The van der Waals surface area contributed by atoms with Gasteiger partial charge in [-0.1, -0.05) is 72.0 Å². The first-order valence-corrected chi connectivity index (χ1v) is 11.6. The first-order valence-electron chi connectivity index (χ1n) is 10.8. The molecule has 8 heteroatoms. The molecule has 1 aliphatic rings. The Hall–Kier alpha value is -4.04. The van der Waals surface area contributed by atoms with Crippen molar-refractivity contribution in [2.45, 2.75) is 19.4 Å². The van der Waals surface area contributed by atoms with Crippen molar-refractivity contribution in [2.75, 3.05) is 11.4 Å². The third-order valence-corrected chi connectivity index (χ3v) is 7.02. The van der Waals surface area contributed by atoms with Crippen LogP contribution in [-0.2, 0) is 15.1 Å². The molecular weight excluding hydrogens is 448 g/mol. The number of anilines is 2. The zero-order valence-corrected chi connectivity index (χ0v) is 19.5. The largest absolute Gasteiger partial charge is 0.325 e. The van der Waals surface area contributed by atoms with Gasteiger partial charge in [-0.15, -0.1) is 0 Å². The molecule has 0 bridgehead atoms. The fraction of sp³-hybridized carbons (Fsp3) is 0.154. The van der Waals surface area contributed by atoms with Crippen LogP contribution in [0.2, 0.25) is 0 Å².